The molecule has 54 valence electrons. The number of carbonyl (C=O) groups excluding carboxylic acids is 1. The van der Waals surface area contributed by atoms with Crippen LogP contribution in [-0.4, -0.2) is 12.4 Å². The molecule has 0 fully saturated rings. The fourth-order valence-corrected chi connectivity index (χ4v) is 0.298. The van der Waals surface area contributed by atoms with Crippen molar-refractivity contribution in [2.75, 3.05) is 6.61 Å². The predicted octanol–water partition coefficient (Wildman–Crippen LogP) is 1.13. The SMILES string of the molecule is C#CCO/C=C(\C)C(C)=O. The van der Waals surface area contributed by atoms with E-state index in [1.807, 2.05) is 0 Å². The van der Waals surface area contributed by atoms with Crippen molar-refractivity contribution in [3.63, 3.8) is 0 Å². The molecule has 0 aliphatic rings. The van der Waals surface area contributed by atoms with E-state index >= 15 is 0 Å². The van der Waals surface area contributed by atoms with E-state index in [0.717, 1.165) is 0 Å². The van der Waals surface area contributed by atoms with Gasteiger partial charge in [0.2, 0.25) is 0 Å². The Morgan fingerprint density at radius 3 is 2.70 bits per heavy atom. The largest absolute Gasteiger partial charge is 0.488 e. The van der Waals surface area contributed by atoms with E-state index in [-0.39, 0.29) is 12.4 Å². The van der Waals surface area contributed by atoms with Crippen molar-refractivity contribution in [3.05, 3.63) is 11.8 Å². The van der Waals surface area contributed by atoms with E-state index in [2.05, 4.69) is 5.92 Å². The van der Waals surface area contributed by atoms with Crippen LogP contribution in [0.2, 0.25) is 0 Å². The molecule has 0 aliphatic carbocycles. The second-order valence-electron chi connectivity index (χ2n) is 1.87. The van der Waals surface area contributed by atoms with Gasteiger partial charge >= 0.3 is 0 Å². The Kier molecular flexibility index (Phi) is 4.06. The van der Waals surface area contributed by atoms with E-state index < -0.39 is 0 Å². The summed E-state index contributed by atoms with van der Waals surface area (Å²) in [7, 11) is 0. The quantitative estimate of drug-likeness (QED) is 0.253. The number of allylic oxidation sites excluding steroid dienone is 1. The second-order valence-corrected chi connectivity index (χ2v) is 1.87. The van der Waals surface area contributed by atoms with Gasteiger partial charge < -0.3 is 4.74 Å². The summed E-state index contributed by atoms with van der Waals surface area (Å²) in [6.45, 7) is 3.37. The van der Waals surface area contributed by atoms with Crippen LogP contribution in [0, 0.1) is 12.3 Å². The molecule has 0 unspecified atom stereocenters. The van der Waals surface area contributed by atoms with Crippen molar-refractivity contribution < 1.29 is 9.53 Å². The summed E-state index contributed by atoms with van der Waals surface area (Å²) in [6.07, 6.45) is 6.28. The van der Waals surface area contributed by atoms with Crippen molar-refractivity contribution in [1.82, 2.24) is 0 Å². The number of terminal acetylenes is 1. The summed E-state index contributed by atoms with van der Waals surface area (Å²) in [6, 6.07) is 0. The van der Waals surface area contributed by atoms with Gasteiger partial charge in [-0.15, -0.1) is 6.42 Å². The zero-order chi connectivity index (χ0) is 7.98. The number of rotatable bonds is 3. The molecule has 0 aromatic rings. The molecule has 2 nitrogen and oxygen atoms in total. The van der Waals surface area contributed by atoms with Gasteiger partial charge in [-0.1, -0.05) is 5.92 Å². The van der Waals surface area contributed by atoms with Crippen LogP contribution in [0.5, 0.6) is 0 Å². The fraction of sp³-hybridized carbons (Fsp3) is 0.375. The van der Waals surface area contributed by atoms with Gasteiger partial charge in [-0.05, 0) is 13.8 Å². The predicted molar refractivity (Wildman–Crippen MR) is 39.2 cm³/mol. The highest BCUT2D eigenvalue weighted by molar-refractivity contribution is 5.92. The molecule has 0 spiro atoms. The van der Waals surface area contributed by atoms with E-state index in [4.69, 9.17) is 11.2 Å². The third-order valence-corrected chi connectivity index (χ3v) is 0.982. The summed E-state index contributed by atoms with van der Waals surface area (Å²) in [5.41, 5.74) is 0.579. The molecule has 0 amide bonds. The van der Waals surface area contributed by atoms with Crippen molar-refractivity contribution in [2.24, 2.45) is 0 Å². The second kappa shape index (κ2) is 4.63. The first-order valence-electron chi connectivity index (χ1n) is 2.91. The van der Waals surface area contributed by atoms with E-state index in [9.17, 15) is 4.79 Å². The number of ketones is 1. The zero-order valence-electron chi connectivity index (χ0n) is 6.18. The van der Waals surface area contributed by atoms with Crippen LogP contribution in [0.25, 0.3) is 0 Å². The first-order valence-corrected chi connectivity index (χ1v) is 2.91. The smallest absolute Gasteiger partial charge is 0.158 e. The van der Waals surface area contributed by atoms with Crippen molar-refractivity contribution >= 4 is 5.78 Å². The standard InChI is InChI=1S/C8H10O2/c1-4-5-10-6-7(2)8(3)9/h1,6H,5H2,2-3H3/b7-6+. The number of Topliss-reactive ketones (excluding diaryl/α,β-unsaturated/α-hetero) is 1. The van der Waals surface area contributed by atoms with Crippen molar-refractivity contribution in [2.45, 2.75) is 13.8 Å². The molecular weight excluding hydrogens is 128 g/mol. The summed E-state index contributed by atoms with van der Waals surface area (Å²) >= 11 is 0. The molecule has 0 saturated heterocycles. The van der Waals surface area contributed by atoms with Crippen LogP contribution < -0.4 is 0 Å². The Hall–Kier alpha value is -1.23. The monoisotopic (exact) mass is 138 g/mol. The minimum absolute atomic E-state index is 0.00276. The lowest BCUT2D eigenvalue weighted by atomic mass is 10.2. The zero-order valence-corrected chi connectivity index (χ0v) is 6.18. The lowest BCUT2D eigenvalue weighted by Gasteiger charge is -1.94. The minimum Gasteiger partial charge on any atom is -0.488 e. The van der Waals surface area contributed by atoms with Gasteiger partial charge in [0.05, 0.1) is 6.26 Å². The molecular formula is C8H10O2. The summed E-state index contributed by atoms with van der Waals surface area (Å²) in [5.74, 6) is 2.28. The summed E-state index contributed by atoms with van der Waals surface area (Å²) in [4.78, 5) is 10.5. The van der Waals surface area contributed by atoms with E-state index in [1.54, 1.807) is 6.92 Å². The Balaban J connectivity index is 3.72. The molecule has 0 bridgehead atoms. The first-order chi connectivity index (χ1) is 4.68. The molecule has 2 heteroatoms. The maximum Gasteiger partial charge on any atom is 0.158 e. The van der Waals surface area contributed by atoms with Gasteiger partial charge in [0, 0.05) is 5.57 Å². The highest BCUT2D eigenvalue weighted by Crippen LogP contribution is 1.93. The number of carbonyl (C=O) groups is 1. The molecule has 0 radical (unpaired) electrons. The third-order valence-electron chi connectivity index (χ3n) is 0.982. The van der Waals surface area contributed by atoms with Crippen LogP contribution in [0.15, 0.2) is 11.8 Å². The Morgan fingerprint density at radius 1 is 1.70 bits per heavy atom. The lowest BCUT2D eigenvalue weighted by Crippen LogP contribution is -1.93. The molecule has 0 heterocycles. The van der Waals surface area contributed by atoms with Crippen molar-refractivity contribution in [3.8, 4) is 12.3 Å². The average molecular weight is 138 g/mol. The van der Waals surface area contributed by atoms with Crippen LogP contribution in [0.4, 0.5) is 0 Å². The summed E-state index contributed by atoms with van der Waals surface area (Å²) < 4.78 is 4.79. The van der Waals surface area contributed by atoms with Gasteiger partial charge in [-0.3, -0.25) is 4.79 Å². The highest BCUT2D eigenvalue weighted by Gasteiger charge is 1.93. The molecule has 0 N–H and O–H groups in total. The van der Waals surface area contributed by atoms with Crippen LogP contribution in [-0.2, 0) is 9.53 Å². The van der Waals surface area contributed by atoms with Crippen LogP contribution in [0.1, 0.15) is 13.8 Å². The molecule has 0 rings (SSSR count). The van der Waals surface area contributed by atoms with Gasteiger partial charge in [0.15, 0.2) is 5.78 Å². The molecule has 10 heavy (non-hydrogen) atoms. The van der Waals surface area contributed by atoms with Gasteiger partial charge in [-0.2, -0.15) is 0 Å². The molecule has 0 saturated carbocycles. The maximum atomic E-state index is 10.5. The fourth-order valence-electron chi connectivity index (χ4n) is 0.298. The number of hydrogen-bond acceptors (Lipinski definition) is 2. The van der Waals surface area contributed by atoms with Crippen LogP contribution in [0.3, 0.4) is 0 Å². The Morgan fingerprint density at radius 2 is 2.30 bits per heavy atom. The third kappa shape index (κ3) is 3.73. The maximum absolute atomic E-state index is 10.5. The number of ether oxygens (including phenoxy) is 1. The van der Waals surface area contributed by atoms with Crippen molar-refractivity contribution in [1.29, 1.82) is 0 Å². The summed E-state index contributed by atoms with van der Waals surface area (Å²) in [5, 5.41) is 0. The highest BCUT2D eigenvalue weighted by atomic mass is 16.5. The van der Waals surface area contributed by atoms with Gasteiger partial charge in [-0.25, -0.2) is 0 Å². The molecule has 0 aromatic carbocycles. The van der Waals surface area contributed by atoms with Gasteiger partial charge in [0.1, 0.15) is 6.61 Å². The van der Waals surface area contributed by atoms with Gasteiger partial charge in [0.25, 0.3) is 0 Å². The lowest BCUT2D eigenvalue weighted by molar-refractivity contribution is -0.113. The molecule has 0 aliphatic heterocycles. The average Bonchev–Trinajstić information content (AvgIpc) is 1.88. The Bertz CT molecular complexity index is 184. The Labute approximate surface area is 60.9 Å². The first kappa shape index (κ1) is 8.77. The minimum atomic E-state index is -0.00276. The van der Waals surface area contributed by atoms with E-state index in [0.29, 0.717) is 5.57 Å². The number of hydrogen-bond donors (Lipinski definition) is 0. The molecule has 0 aromatic heterocycles. The normalized spacial score (nSPS) is 10.3. The van der Waals surface area contributed by atoms with E-state index in [1.165, 1.54) is 13.2 Å². The molecule has 0 atom stereocenters. The van der Waals surface area contributed by atoms with Crippen LogP contribution >= 0.6 is 0 Å². The topological polar surface area (TPSA) is 26.3 Å².